The smallest absolute Gasteiger partial charge is 0.200 e. The van der Waals surface area contributed by atoms with Crippen LogP contribution in [0.5, 0.6) is 5.75 Å². The van der Waals surface area contributed by atoms with Crippen LogP contribution in [0.4, 0.5) is 0 Å². The third-order valence-electron chi connectivity index (χ3n) is 5.77. The van der Waals surface area contributed by atoms with Crippen LogP contribution in [-0.4, -0.2) is 23.1 Å². The van der Waals surface area contributed by atoms with Gasteiger partial charge in [0.05, 0.1) is 16.5 Å². The summed E-state index contributed by atoms with van der Waals surface area (Å²) >= 11 is 3.43. The molecule has 0 saturated carbocycles. The minimum atomic E-state index is -0.0623. The number of fused-ring (bicyclic) bond motifs is 1. The zero-order valence-electron chi connectivity index (χ0n) is 17.0. The van der Waals surface area contributed by atoms with Crippen molar-refractivity contribution in [1.82, 2.24) is 4.90 Å². The molecule has 1 aliphatic heterocycles. The average molecular weight is 456 g/mol. The standard InChI is InChI=1S/C24H26BrNO3/c1-14-10-15(2)12-26(11-14)13-20-21(27)9-8-19-23(28)22(16(3)29-24(19)20)17-4-6-18(25)7-5-17/h4-9,14-15,27H,10-13H2,1-3H3. The third-order valence-corrected chi connectivity index (χ3v) is 6.30. The molecule has 1 fully saturated rings. The average Bonchev–Trinajstić information content (AvgIpc) is 2.65. The summed E-state index contributed by atoms with van der Waals surface area (Å²) in [6.45, 7) is 8.90. The molecule has 4 rings (SSSR count). The minimum absolute atomic E-state index is 0.0623. The van der Waals surface area contributed by atoms with Gasteiger partial charge in [0.1, 0.15) is 17.1 Å². The van der Waals surface area contributed by atoms with Crippen molar-refractivity contribution in [1.29, 1.82) is 0 Å². The molecule has 1 aliphatic rings. The number of likely N-dealkylation sites (tertiary alicyclic amines) is 1. The number of hydrogen-bond acceptors (Lipinski definition) is 4. The highest BCUT2D eigenvalue weighted by atomic mass is 79.9. The lowest BCUT2D eigenvalue weighted by Crippen LogP contribution is -2.38. The maximum Gasteiger partial charge on any atom is 0.200 e. The molecule has 1 saturated heterocycles. The van der Waals surface area contributed by atoms with Crippen LogP contribution in [0.1, 0.15) is 31.6 Å². The van der Waals surface area contributed by atoms with Crippen LogP contribution in [-0.2, 0) is 6.54 Å². The molecule has 0 bridgehead atoms. The Balaban J connectivity index is 1.81. The Morgan fingerprint density at radius 1 is 1.10 bits per heavy atom. The molecule has 1 aromatic heterocycles. The fourth-order valence-electron chi connectivity index (χ4n) is 4.66. The molecule has 2 heterocycles. The van der Waals surface area contributed by atoms with Crippen LogP contribution in [0.25, 0.3) is 22.1 Å². The van der Waals surface area contributed by atoms with E-state index >= 15 is 0 Å². The molecule has 0 amide bonds. The van der Waals surface area contributed by atoms with Crippen molar-refractivity contribution in [3.63, 3.8) is 0 Å². The van der Waals surface area contributed by atoms with Crippen molar-refractivity contribution in [2.45, 2.75) is 33.7 Å². The first kappa shape index (κ1) is 20.2. The fraction of sp³-hybridized carbons (Fsp3) is 0.375. The summed E-state index contributed by atoms with van der Waals surface area (Å²) in [5.41, 5.74) is 2.54. The van der Waals surface area contributed by atoms with Crippen molar-refractivity contribution >= 4 is 26.9 Å². The van der Waals surface area contributed by atoms with Crippen molar-refractivity contribution in [3.8, 4) is 16.9 Å². The van der Waals surface area contributed by atoms with Crippen LogP contribution >= 0.6 is 15.9 Å². The topological polar surface area (TPSA) is 53.7 Å². The van der Waals surface area contributed by atoms with Gasteiger partial charge in [0.15, 0.2) is 0 Å². The molecule has 2 unspecified atom stereocenters. The summed E-state index contributed by atoms with van der Waals surface area (Å²) in [5, 5.41) is 11.1. The normalized spacial score (nSPS) is 20.3. The molecule has 2 atom stereocenters. The molecule has 4 nitrogen and oxygen atoms in total. The SMILES string of the molecule is Cc1oc2c(CN3CC(C)CC(C)C3)c(O)ccc2c(=O)c1-c1ccc(Br)cc1. The molecule has 29 heavy (non-hydrogen) atoms. The second-order valence-corrected chi connectivity index (χ2v) is 9.36. The van der Waals surface area contributed by atoms with Crippen molar-refractivity contribution in [3.05, 3.63) is 62.4 Å². The second kappa shape index (κ2) is 7.96. The van der Waals surface area contributed by atoms with E-state index in [1.54, 1.807) is 12.1 Å². The van der Waals surface area contributed by atoms with Crippen molar-refractivity contribution < 1.29 is 9.52 Å². The van der Waals surface area contributed by atoms with Gasteiger partial charge in [-0.3, -0.25) is 9.69 Å². The van der Waals surface area contributed by atoms with Gasteiger partial charge in [-0.25, -0.2) is 0 Å². The highest BCUT2D eigenvalue weighted by Crippen LogP contribution is 2.33. The fourth-order valence-corrected chi connectivity index (χ4v) is 4.92. The largest absolute Gasteiger partial charge is 0.507 e. The first-order chi connectivity index (χ1) is 13.8. The zero-order valence-corrected chi connectivity index (χ0v) is 18.6. The zero-order chi connectivity index (χ0) is 20.7. The minimum Gasteiger partial charge on any atom is -0.507 e. The number of phenolic OH excluding ortho intramolecular Hbond substituents is 1. The van der Waals surface area contributed by atoms with Crippen molar-refractivity contribution in [2.24, 2.45) is 11.8 Å². The number of benzene rings is 2. The Labute approximate surface area is 179 Å². The quantitative estimate of drug-likeness (QED) is 0.548. The lowest BCUT2D eigenvalue weighted by atomic mass is 9.91. The van der Waals surface area contributed by atoms with Gasteiger partial charge in [-0.2, -0.15) is 0 Å². The summed E-state index contributed by atoms with van der Waals surface area (Å²) in [7, 11) is 0. The van der Waals surface area contributed by atoms with Gasteiger partial charge in [-0.1, -0.05) is 41.9 Å². The van der Waals surface area contributed by atoms with Crippen LogP contribution in [0, 0.1) is 18.8 Å². The molecule has 3 aromatic rings. The predicted molar refractivity (Wildman–Crippen MR) is 120 cm³/mol. The number of aromatic hydroxyl groups is 1. The van der Waals surface area contributed by atoms with Gasteiger partial charge in [-0.05, 0) is 55.0 Å². The number of hydrogen-bond donors (Lipinski definition) is 1. The van der Waals surface area contributed by atoms with Crippen LogP contribution < -0.4 is 5.43 Å². The van der Waals surface area contributed by atoms with Gasteiger partial charge in [-0.15, -0.1) is 0 Å². The molecule has 5 heteroatoms. The van der Waals surface area contributed by atoms with E-state index in [4.69, 9.17) is 4.42 Å². The second-order valence-electron chi connectivity index (χ2n) is 8.45. The number of nitrogens with zero attached hydrogens (tertiary/aromatic N) is 1. The predicted octanol–water partition coefficient (Wildman–Crippen LogP) is 5.71. The van der Waals surface area contributed by atoms with Gasteiger partial charge in [0, 0.05) is 24.1 Å². The van der Waals surface area contributed by atoms with Gasteiger partial charge in [0.25, 0.3) is 0 Å². The summed E-state index contributed by atoms with van der Waals surface area (Å²) in [6.07, 6.45) is 1.22. The molecule has 0 spiro atoms. The lowest BCUT2D eigenvalue weighted by molar-refractivity contribution is 0.133. The Hall–Kier alpha value is -2.11. The molecular weight excluding hydrogens is 430 g/mol. The summed E-state index contributed by atoms with van der Waals surface area (Å²) < 4.78 is 7.13. The first-order valence-corrected chi connectivity index (χ1v) is 10.9. The maximum absolute atomic E-state index is 13.3. The van der Waals surface area contributed by atoms with E-state index in [9.17, 15) is 9.90 Å². The molecule has 0 radical (unpaired) electrons. The Kier molecular flexibility index (Phi) is 5.54. The number of aryl methyl sites for hydroxylation is 1. The van der Waals surface area contributed by atoms with Crippen LogP contribution in [0.15, 0.2) is 50.1 Å². The molecule has 0 aliphatic carbocycles. The lowest BCUT2D eigenvalue weighted by Gasteiger charge is -2.35. The van der Waals surface area contributed by atoms with Gasteiger partial charge in [0.2, 0.25) is 5.43 Å². The van der Waals surface area contributed by atoms with Gasteiger partial charge >= 0.3 is 0 Å². The molecule has 152 valence electrons. The third kappa shape index (κ3) is 3.99. The first-order valence-electron chi connectivity index (χ1n) is 10.1. The number of piperidine rings is 1. The highest BCUT2D eigenvalue weighted by Gasteiger charge is 2.25. The number of phenols is 1. The Morgan fingerprint density at radius 2 is 1.76 bits per heavy atom. The highest BCUT2D eigenvalue weighted by molar-refractivity contribution is 9.10. The van der Waals surface area contributed by atoms with E-state index < -0.39 is 0 Å². The Bertz CT molecular complexity index is 1090. The summed E-state index contributed by atoms with van der Waals surface area (Å²) in [4.78, 5) is 15.7. The van der Waals surface area contributed by atoms with Crippen molar-refractivity contribution in [2.75, 3.05) is 13.1 Å². The summed E-state index contributed by atoms with van der Waals surface area (Å²) in [5.74, 6) is 1.99. The number of halogens is 1. The van der Waals surface area contributed by atoms with Gasteiger partial charge < -0.3 is 9.52 Å². The summed E-state index contributed by atoms with van der Waals surface area (Å²) in [6, 6.07) is 10.9. The van der Waals surface area contributed by atoms with E-state index in [-0.39, 0.29) is 11.2 Å². The monoisotopic (exact) mass is 455 g/mol. The molecular formula is C24H26BrNO3. The maximum atomic E-state index is 13.3. The van der Waals surface area contributed by atoms with Crippen LogP contribution in [0.2, 0.25) is 0 Å². The molecule has 2 aromatic carbocycles. The van der Waals surface area contributed by atoms with E-state index in [0.29, 0.717) is 46.2 Å². The van der Waals surface area contributed by atoms with E-state index in [1.165, 1.54) is 6.42 Å². The van der Waals surface area contributed by atoms with E-state index in [0.717, 1.165) is 23.1 Å². The van der Waals surface area contributed by atoms with E-state index in [1.807, 2.05) is 31.2 Å². The molecule has 1 N–H and O–H groups in total. The Morgan fingerprint density at radius 3 is 2.41 bits per heavy atom. The van der Waals surface area contributed by atoms with Crippen LogP contribution in [0.3, 0.4) is 0 Å². The van der Waals surface area contributed by atoms with E-state index in [2.05, 4.69) is 34.7 Å². The number of rotatable bonds is 3.